The van der Waals surface area contributed by atoms with Crippen molar-refractivity contribution in [2.45, 2.75) is 13.8 Å². The Balaban J connectivity index is 1.59. The summed E-state index contributed by atoms with van der Waals surface area (Å²) < 4.78 is 21.7. The number of nitrogens with zero attached hydrogens (tertiary/aromatic N) is 1. The molecular weight excluding hydrogens is 350 g/mol. The third-order valence-corrected chi connectivity index (χ3v) is 4.33. The SMILES string of the molecule is CC(C)COC(=NCC[NH+]1CCOCC1)NC(=O)c1ccc2c(c1)OCO2. The third-order valence-electron chi connectivity index (χ3n) is 4.33. The molecule has 3 rings (SSSR count). The van der Waals surface area contributed by atoms with Gasteiger partial charge in [-0.25, -0.2) is 4.99 Å². The molecule has 0 aromatic heterocycles. The van der Waals surface area contributed by atoms with Crippen molar-refractivity contribution in [3.8, 4) is 11.5 Å². The van der Waals surface area contributed by atoms with E-state index in [1.165, 1.54) is 4.90 Å². The summed E-state index contributed by atoms with van der Waals surface area (Å²) in [5, 5.41) is 2.78. The lowest BCUT2D eigenvalue weighted by Crippen LogP contribution is -3.14. The summed E-state index contributed by atoms with van der Waals surface area (Å²) >= 11 is 0. The maximum Gasteiger partial charge on any atom is 0.291 e. The van der Waals surface area contributed by atoms with E-state index in [1.54, 1.807) is 18.2 Å². The second-order valence-corrected chi connectivity index (χ2v) is 7.03. The molecule has 0 bridgehead atoms. The molecule has 2 N–H and O–H groups in total. The van der Waals surface area contributed by atoms with Gasteiger partial charge < -0.3 is 23.8 Å². The van der Waals surface area contributed by atoms with Crippen molar-refractivity contribution in [1.29, 1.82) is 0 Å². The molecule has 8 heteroatoms. The highest BCUT2D eigenvalue weighted by molar-refractivity contribution is 6.04. The number of hydrogen-bond acceptors (Lipinski definition) is 6. The van der Waals surface area contributed by atoms with Crippen LogP contribution >= 0.6 is 0 Å². The van der Waals surface area contributed by atoms with Crippen LogP contribution in [0, 0.1) is 5.92 Å². The van der Waals surface area contributed by atoms with E-state index in [4.69, 9.17) is 18.9 Å². The van der Waals surface area contributed by atoms with E-state index in [2.05, 4.69) is 24.2 Å². The summed E-state index contributed by atoms with van der Waals surface area (Å²) in [4.78, 5) is 18.5. The minimum Gasteiger partial charge on any atom is -0.465 e. The number of morpholine rings is 1. The van der Waals surface area contributed by atoms with Gasteiger partial charge in [0.2, 0.25) is 6.79 Å². The first-order chi connectivity index (χ1) is 13.1. The van der Waals surface area contributed by atoms with E-state index in [1.807, 2.05) is 0 Å². The Morgan fingerprint density at radius 2 is 2.04 bits per heavy atom. The van der Waals surface area contributed by atoms with E-state index in [0.717, 1.165) is 32.8 Å². The van der Waals surface area contributed by atoms with Crippen LogP contribution in [0.25, 0.3) is 0 Å². The van der Waals surface area contributed by atoms with Gasteiger partial charge in [-0.3, -0.25) is 10.1 Å². The molecule has 2 aliphatic heterocycles. The molecule has 1 aromatic carbocycles. The van der Waals surface area contributed by atoms with Gasteiger partial charge in [0, 0.05) is 5.56 Å². The maximum atomic E-state index is 12.6. The first kappa shape index (κ1) is 19.4. The summed E-state index contributed by atoms with van der Waals surface area (Å²) in [6.45, 7) is 9.79. The number of rotatable bonds is 6. The number of quaternary nitrogens is 1. The molecule has 0 atom stereocenters. The summed E-state index contributed by atoms with van der Waals surface area (Å²) in [5.74, 6) is 1.27. The number of fused-ring (bicyclic) bond motifs is 1. The van der Waals surface area contributed by atoms with Crippen molar-refractivity contribution in [2.24, 2.45) is 10.9 Å². The van der Waals surface area contributed by atoms with E-state index in [9.17, 15) is 4.79 Å². The molecule has 0 saturated carbocycles. The highest BCUT2D eigenvalue weighted by atomic mass is 16.7. The van der Waals surface area contributed by atoms with Crippen LogP contribution in [0.3, 0.4) is 0 Å². The highest BCUT2D eigenvalue weighted by Gasteiger charge is 2.18. The number of hydrogen-bond donors (Lipinski definition) is 2. The second kappa shape index (κ2) is 9.57. The molecule has 0 unspecified atom stereocenters. The van der Waals surface area contributed by atoms with Crippen LogP contribution in [0.4, 0.5) is 0 Å². The van der Waals surface area contributed by atoms with Crippen molar-refractivity contribution < 1.29 is 28.6 Å². The fourth-order valence-corrected chi connectivity index (χ4v) is 2.80. The Morgan fingerprint density at radius 3 is 2.81 bits per heavy atom. The molecule has 2 aliphatic rings. The third kappa shape index (κ3) is 5.83. The zero-order valence-corrected chi connectivity index (χ0v) is 16.0. The summed E-state index contributed by atoms with van der Waals surface area (Å²) in [5.41, 5.74) is 0.471. The number of aliphatic imine (C=N–C) groups is 1. The number of nitrogens with one attached hydrogen (secondary N) is 2. The molecular formula is C19H28N3O5+. The fraction of sp³-hybridized carbons (Fsp3) is 0.579. The number of amidine groups is 1. The van der Waals surface area contributed by atoms with Gasteiger partial charge in [-0.15, -0.1) is 0 Å². The van der Waals surface area contributed by atoms with Crippen LogP contribution < -0.4 is 19.7 Å². The predicted octanol–water partition coefficient (Wildman–Crippen LogP) is 0.0888. The lowest BCUT2D eigenvalue weighted by atomic mass is 10.2. The van der Waals surface area contributed by atoms with Crippen LogP contribution in [0.15, 0.2) is 23.2 Å². The van der Waals surface area contributed by atoms with Gasteiger partial charge in [-0.2, -0.15) is 0 Å². The number of carbonyl (C=O) groups excluding carboxylic acids is 1. The lowest BCUT2D eigenvalue weighted by molar-refractivity contribution is -0.906. The van der Waals surface area contributed by atoms with Crippen LogP contribution in [0.2, 0.25) is 0 Å². The van der Waals surface area contributed by atoms with E-state index < -0.39 is 0 Å². The maximum absolute atomic E-state index is 12.6. The molecule has 0 radical (unpaired) electrons. The zero-order chi connectivity index (χ0) is 19.1. The van der Waals surface area contributed by atoms with Gasteiger partial charge in [0.25, 0.3) is 11.9 Å². The fourth-order valence-electron chi connectivity index (χ4n) is 2.80. The number of benzene rings is 1. The topological polar surface area (TPSA) is 82.8 Å². The van der Waals surface area contributed by atoms with E-state index in [0.29, 0.717) is 36.1 Å². The minimum absolute atomic E-state index is 0.175. The van der Waals surface area contributed by atoms with E-state index in [-0.39, 0.29) is 18.7 Å². The average Bonchev–Trinajstić information content (AvgIpc) is 3.14. The van der Waals surface area contributed by atoms with Gasteiger partial charge in [-0.05, 0) is 24.1 Å². The van der Waals surface area contributed by atoms with Gasteiger partial charge in [0.15, 0.2) is 11.5 Å². The highest BCUT2D eigenvalue weighted by Crippen LogP contribution is 2.32. The van der Waals surface area contributed by atoms with Crippen molar-refractivity contribution in [2.75, 3.05) is 52.8 Å². The smallest absolute Gasteiger partial charge is 0.291 e. The Labute approximate surface area is 159 Å². The summed E-state index contributed by atoms with van der Waals surface area (Å²) in [7, 11) is 0. The standard InChI is InChI=1S/C19H27N3O5/c1-14(2)12-25-19(20-5-6-22-7-9-24-10-8-22)21-18(23)15-3-4-16-17(11-15)27-13-26-16/h3-4,11,14H,5-10,12-13H2,1-2H3,(H,20,21,23)/p+1. The van der Waals surface area contributed by atoms with Crippen LogP contribution in [-0.4, -0.2) is 64.7 Å². The quantitative estimate of drug-likeness (QED) is 0.542. The minimum atomic E-state index is -0.283. The predicted molar refractivity (Wildman–Crippen MR) is 99.5 cm³/mol. The Kier molecular flexibility index (Phi) is 6.89. The van der Waals surface area contributed by atoms with Crippen molar-refractivity contribution in [3.05, 3.63) is 23.8 Å². The molecule has 1 amide bonds. The number of carbonyl (C=O) groups is 1. The lowest BCUT2D eigenvalue weighted by Gasteiger charge is -2.23. The van der Waals surface area contributed by atoms with Crippen molar-refractivity contribution >= 4 is 11.9 Å². The molecule has 27 heavy (non-hydrogen) atoms. The summed E-state index contributed by atoms with van der Waals surface area (Å²) in [6.07, 6.45) is 0. The largest absolute Gasteiger partial charge is 0.465 e. The van der Waals surface area contributed by atoms with Crippen LogP contribution in [0.5, 0.6) is 11.5 Å². The van der Waals surface area contributed by atoms with Gasteiger partial charge in [0.1, 0.15) is 13.1 Å². The van der Waals surface area contributed by atoms with E-state index >= 15 is 0 Å². The zero-order valence-electron chi connectivity index (χ0n) is 16.0. The van der Waals surface area contributed by atoms with Crippen LogP contribution in [0.1, 0.15) is 24.2 Å². The second-order valence-electron chi connectivity index (χ2n) is 7.03. The molecule has 8 nitrogen and oxygen atoms in total. The number of amides is 1. The Morgan fingerprint density at radius 1 is 1.26 bits per heavy atom. The van der Waals surface area contributed by atoms with Gasteiger partial charge in [-0.1, -0.05) is 13.8 Å². The first-order valence-corrected chi connectivity index (χ1v) is 9.41. The molecule has 1 saturated heterocycles. The van der Waals surface area contributed by atoms with Gasteiger partial charge in [0.05, 0.1) is 32.9 Å². The Hall–Kier alpha value is -2.32. The van der Waals surface area contributed by atoms with Crippen LogP contribution in [-0.2, 0) is 9.47 Å². The molecule has 1 fully saturated rings. The number of ether oxygens (including phenoxy) is 4. The van der Waals surface area contributed by atoms with Crippen molar-refractivity contribution in [3.63, 3.8) is 0 Å². The monoisotopic (exact) mass is 378 g/mol. The molecule has 0 aliphatic carbocycles. The summed E-state index contributed by atoms with van der Waals surface area (Å²) in [6, 6.07) is 5.35. The molecule has 148 valence electrons. The molecule has 0 spiro atoms. The van der Waals surface area contributed by atoms with Crippen molar-refractivity contribution in [1.82, 2.24) is 5.32 Å². The average molecular weight is 378 g/mol. The normalized spacial score (nSPS) is 17.2. The molecule has 1 aromatic rings. The van der Waals surface area contributed by atoms with Gasteiger partial charge >= 0.3 is 0 Å². The Bertz CT molecular complexity index is 671. The molecule has 2 heterocycles. The first-order valence-electron chi connectivity index (χ1n) is 9.41.